The van der Waals surface area contributed by atoms with Crippen LogP contribution in [0.1, 0.15) is 23.6 Å². The van der Waals surface area contributed by atoms with Crippen LogP contribution in [0.4, 0.5) is 18.9 Å². The van der Waals surface area contributed by atoms with Gasteiger partial charge in [0.1, 0.15) is 12.6 Å². The zero-order valence-corrected chi connectivity index (χ0v) is 23.4. The highest BCUT2D eigenvalue weighted by atomic mass is 35.5. The van der Waals surface area contributed by atoms with Crippen molar-refractivity contribution >= 4 is 39.1 Å². The number of anilines is 1. The molecule has 0 bridgehead atoms. The zero-order valence-electron chi connectivity index (χ0n) is 21.9. The summed E-state index contributed by atoms with van der Waals surface area (Å²) in [4.78, 5) is 28.4. The maximum absolute atomic E-state index is 13.9. The SMILES string of the molecule is CCNC(=O)[C@@H](Cc1ccccc1)N(Cc1ccccc1)C(=O)CN(c1cc(C(F)(F)F)ccc1Cl)S(C)(=O)=O. The molecule has 1 N–H and O–H groups in total. The van der Waals surface area contributed by atoms with E-state index in [4.69, 9.17) is 11.6 Å². The first-order chi connectivity index (χ1) is 18.8. The van der Waals surface area contributed by atoms with Crippen molar-refractivity contribution in [1.29, 1.82) is 0 Å². The molecule has 0 aliphatic carbocycles. The van der Waals surface area contributed by atoms with Gasteiger partial charge in [0.15, 0.2) is 0 Å². The van der Waals surface area contributed by atoms with Gasteiger partial charge < -0.3 is 10.2 Å². The van der Waals surface area contributed by atoms with Gasteiger partial charge >= 0.3 is 6.18 Å². The van der Waals surface area contributed by atoms with Crippen LogP contribution in [0.2, 0.25) is 5.02 Å². The standard InChI is InChI=1S/C28H29ClF3N3O4S/c1-3-33-27(37)25(16-20-10-6-4-7-11-20)34(18-21-12-8-5-9-13-21)26(36)19-35(40(2,38)39)24-17-22(28(30,31)32)14-15-23(24)29/h4-15,17,25H,3,16,18-19H2,1-2H3,(H,33,37)/t25-/m1/s1. The average molecular weight is 596 g/mol. The van der Waals surface area contributed by atoms with E-state index in [2.05, 4.69) is 5.32 Å². The van der Waals surface area contributed by atoms with E-state index in [1.54, 1.807) is 67.6 Å². The smallest absolute Gasteiger partial charge is 0.355 e. The summed E-state index contributed by atoms with van der Waals surface area (Å²) < 4.78 is 66.4. The minimum atomic E-state index is -4.77. The van der Waals surface area contributed by atoms with Gasteiger partial charge in [0.25, 0.3) is 0 Å². The molecule has 0 aliphatic rings. The summed E-state index contributed by atoms with van der Waals surface area (Å²) in [6, 6.07) is 18.9. The van der Waals surface area contributed by atoms with Crippen LogP contribution in [0.3, 0.4) is 0 Å². The third-order valence-corrected chi connectivity index (χ3v) is 7.49. The number of alkyl halides is 3. The fourth-order valence-electron chi connectivity index (χ4n) is 4.10. The molecule has 0 saturated heterocycles. The van der Waals surface area contributed by atoms with Gasteiger partial charge in [-0.15, -0.1) is 0 Å². The summed E-state index contributed by atoms with van der Waals surface area (Å²) in [5.41, 5.74) is -0.199. The third-order valence-electron chi connectivity index (χ3n) is 6.04. The lowest BCUT2D eigenvalue weighted by atomic mass is 10.0. The first-order valence-electron chi connectivity index (χ1n) is 12.3. The van der Waals surface area contributed by atoms with E-state index in [9.17, 15) is 31.2 Å². The van der Waals surface area contributed by atoms with Gasteiger partial charge in [-0.2, -0.15) is 13.2 Å². The van der Waals surface area contributed by atoms with Crippen LogP contribution in [0.15, 0.2) is 78.9 Å². The monoisotopic (exact) mass is 595 g/mol. The van der Waals surface area contributed by atoms with Crippen molar-refractivity contribution in [3.63, 3.8) is 0 Å². The molecule has 0 spiro atoms. The van der Waals surface area contributed by atoms with Gasteiger partial charge in [0.2, 0.25) is 21.8 Å². The predicted octanol–water partition coefficient (Wildman–Crippen LogP) is 4.90. The quantitative estimate of drug-likeness (QED) is 0.342. The second-order valence-corrected chi connectivity index (χ2v) is 11.4. The van der Waals surface area contributed by atoms with Crippen molar-refractivity contribution in [3.8, 4) is 0 Å². The molecular formula is C28H29ClF3N3O4S. The molecule has 0 unspecified atom stereocenters. The molecule has 1 atom stereocenters. The number of halogens is 4. The first-order valence-corrected chi connectivity index (χ1v) is 14.5. The fraction of sp³-hybridized carbons (Fsp3) is 0.286. The summed E-state index contributed by atoms with van der Waals surface area (Å²) in [5.74, 6) is -1.26. The van der Waals surface area contributed by atoms with Crippen LogP contribution < -0.4 is 9.62 Å². The van der Waals surface area contributed by atoms with E-state index in [0.29, 0.717) is 15.9 Å². The van der Waals surface area contributed by atoms with Gasteiger partial charge in [0.05, 0.1) is 22.5 Å². The Bertz CT molecular complexity index is 1420. The molecule has 3 aromatic rings. The minimum Gasteiger partial charge on any atom is -0.355 e. The van der Waals surface area contributed by atoms with Crippen LogP contribution in [0, 0.1) is 0 Å². The summed E-state index contributed by atoms with van der Waals surface area (Å²) in [7, 11) is -4.29. The number of amides is 2. The maximum atomic E-state index is 13.9. The Labute approximate surface area is 236 Å². The summed E-state index contributed by atoms with van der Waals surface area (Å²) >= 11 is 6.14. The second-order valence-electron chi connectivity index (χ2n) is 9.04. The summed E-state index contributed by atoms with van der Waals surface area (Å²) in [5, 5.41) is 2.44. The highest BCUT2D eigenvalue weighted by Crippen LogP contribution is 2.36. The van der Waals surface area contributed by atoms with Gasteiger partial charge in [-0.05, 0) is 36.2 Å². The van der Waals surface area contributed by atoms with Gasteiger partial charge in [0, 0.05) is 19.5 Å². The van der Waals surface area contributed by atoms with Crippen molar-refractivity contribution < 1.29 is 31.2 Å². The largest absolute Gasteiger partial charge is 0.416 e. The lowest BCUT2D eigenvalue weighted by Crippen LogP contribution is -2.53. The second kappa shape index (κ2) is 13.2. The Kier molecular flexibility index (Phi) is 10.2. The fourth-order valence-corrected chi connectivity index (χ4v) is 5.22. The Morgan fingerprint density at radius 1 is 0.950 bits per heavy atom. The number of hydrogen-bond donors (Lipinski definition) is 1. The number of hydrogen-bond acceptors (Lipinski definition) is 4. The Hall–Kier alpha value is -3.57. The van der Waals surface area contributed by atoms with Crippen LogP contribution >= 0.6 is 11.6 Å². The molecule has 0 saturated carbocycles. The van der Waals surface area contributed by atoms with E-state index < -0.39 is 51.9 Å². The molecule has 214 valence electrons. The van der Waals surface area contributed by atoms with Crippen LogP contribution in [-0.2, 0) is 38.8 Å². The number of carbonyl (C=O) groups excluding carboxylic acids is 2. The minimum absolute atomic E-state index is 0.0533. The van der Waals surface area contributed by atoms with Gasteiger partial charge in [-0.3, -0.25) is 13.9 Å². The van der Waals surface area contributed by atoms with Crippen molar-refractivity contribution in [3.05, 3.63) is 101 Å². The highest BCUT2D eigenvalue weighted by molar-refractivity contribution is 7.92. The number of rotatable bonds is 11. The molecule has 2 amide bonds. The topological polar surface area (TPSA) is 86.8 Å². The molecule has 0 heterocycles. The Balaban J connectivity index is 2.08. The van der Waals surface area contributed by atoms with Crippen LogP contribution in [0.5, 0.6) is 0 Å². The molecular weight excluding hydrogens is 567 g/mol. The van der Waals surface area contributed by atoms with E-state index in [1.807, 2.05) is 0 Å². The normalized spacial score (nSPS) is 12.4. The molecule has 3 rings (SSSR count). The number of carbonyl (C=O) groups is 2. The van der Waals surface area contributed by atoms with Crippen LogP contribution in [-0.4, -0.2) is 50.5 Å². The summed E-state index contributed by atoms with van der Waals surface area (Å²) in [6.07, 6.45) is -3.89. The molecule has 0 aliphatic heterocycles. The third kappa shape index (κ3) is 8.22. The van der Waals surface area contributed by atoms with Crippen molar-refractivity contribution in [2.45, 2.75) is 32.1 Å². The van der Waals surface area contributed by atoms with E-state index in [0.717, 1.165) is 24.0 Å². The number of benzene rings is 3. The Morgan fingerprint density at radius 3 is 2.05 bits per heavy atom. The highest BCUT2D eigenvalue weighted by Gasteiger charge is 2.35. The number of nitrogens with zero attached hydrogens (tertiary/aromatic N) is 2. The Morgan fingerprint density at radius 2 is 1.52 bits per heavy atom. The number of sulfonamides is 1. The maximum Gasteiger partial charge on any atom is 0.416 e. The summed E-state index contributed by atoms with van der Waals surface area (Å²) in [6.45, 7) is 1.08. The lowest BCUT2D eigenvalue weighted by Gasteiger charge is -2.33. The van der Waals surface area contributed by atoms with Gasteiger partial charge in [-0.1, -0.05) is 72.3 Å². The molecule has 40 heavy (non-hydrogen) atoms. The van der Waals surface area contributed by atoms with Crippen molar-refractivity contribution in [2.24, 2.45) is 0 Å². The van der Waals surface area contributed by atoms with Crippen molar-refractivity contribution in [2.75, 3.05) is 23.7 Å². The van der Waals surface area contributed by atoms with Crippen molar-refractivity contribution in [1.82, 2.24) is 10.2 Å². The molecule has 0 fully saturated rings. The number of likely N-dealkylation sites (N-methyl/N-ethyl adjacent to an activating group) is 1. The zero-order chi connectivity index (χ0) is 29.5. The van der Waals surface area contributed by atoms with E-state index in [-0.39, 0.29) is 24.5 Å². The molecule has 12 heteroatoms. The van der Waals surface area contributed by atoms with Crippen LogP contribution in [0.25, 0.3) is 0 Å². The molecule has 0 radical (unpaired) electrons. The molecule has 7 nitrogen and oxygen atoms in total. The molecule has 0 aromatic heterocycles. The average Bonchev–Trinajstić information content (AvgIpc) is 2.89. The molecule has 3 aromatic carbocycles. The van der Waals surface area contributed by atoms with E-state index in [1.165, 1.54) is 4.90 Å². The lowest BCUT2D eigenvalue weighted by molar-refractivity contribution is -0.140. The van der Waals surface area contributed by atoms with Gasteiger partial charge in [-0.25, -0.2) is 8.42 Å². The van der Waals surface area contributed by atoms with E-state index >= 15 is 0 Å². The first kappa shape index (κ1) is 31.0. The number of nitrogens with one attached hydrogen (secondary N) is 1. The predicted molar refractivity (Wildman–Crippen MR) is 148 cm³/mol.